The molecule has 0 aromatic rings. The van der Waals surface area contributed by atoms with Crippen molar-refractivity contribution in [3.05, 3.63) is 71.0 Å². The first-order valence-electron chi connectivity index (χ1n) is 13.3. The van der Waals surface area contributed by atoms with Crippen molar-refractivity contribution in [1.82, 2.24) is 10.2 Å². The fourth-order valence-electron chi connectivity index (χ4n) is 5.81. The summed E-state index contributed by atoms with van der Waals surface area (Å²) in [6.45, 7) is 9.37. The molecule has 4 heteroatoms. The Kier molecular flexibility index (Phi) is 9.33. The average Bonchev–Trinajstić information content (AvgIpc) is 2.87. The van der Waals surface area contributed by atoms with E-state index in [-0.39, 0.29) is 0 Å². The van der Waals surface area contributed by atoms with Crippen LogP contribution in [0, 0.1) is 29.6 Å². The van der Waals surface area contributed by atoms with Gasteiger partial charge in [0.1, 0.15) is 0 Å². The van der Waals surface area contributed by atoms with Crippen LogP contribution >= 0.6 is 11.6 Å². The number of ether oxygens (including phenoxy) is 1. The van der Waals surface area contributed by atoms with Crippen LogP contribution in [0.1, 0.15) is 46.0 Å². The molecule has 4 aliphatic rings. The molecule has 0 spiro atoms. The van der Waals surface area contributed by atoms with Gasteiger partial charge in [0.2, 0.25) is 0 Å². The molecule has 1 fully saturated rings. The van der Waals surface area contributed by atoms with Gasteiger partial charge in [0.25, 0.3) is 0 Å². The zero-order valence-electron chi connectivity index (χ0n) is 21.3. The van der Waals surface area contributed by atoms with Crippen molar-refractivity contribution in [3.8, 4) is 0 Å². The van der Waals surface area contributed by atoms with Gasteiger partial charge in [-0.25, -0.2) is 0 Å². The van der Waals surface area contributed by atoms with E-state index in [1.54, 1.807) is 7.11 Å². The summed E-state index contributed by atoms with van der Waals surface area (Å²) in [7, 11) is 1.77. The highest BCUT2D eigenvalue weighted by atomic mass is 35.5. The zero-order chi connectivity index (χ0) is 23.9. The maximum atomic E-state index is 6.12. The van der Waals surface area contributed by atoms with E-state index in [4.69, 9.17) is 16.3 Å². The van der Waals surface area contributed by atoms with Crippen molar-refractivity contribution in [2.45, 2.75) is 52.0 Å². The highest BCUT2D eigenvalue weighted by molar-refractivity contribution is 6.31. The molecule has 1 saturated heterocycles. The molecule has 1 heterocycles. The molecule has 3 unspecified atom stereocenters. The van der Waals surface area contributed by atoms with Gasteiger partial charge in [-0.2, -0.15) is 0 Å². The van der Waals surface area contributed by atoms with Gasteiger partial charge in [0.05, 0.1) is 12.9 Å². The molecule has 4 atom stereocenters. The molecular weight excluding hydrogens is 440 g/mol. The number of nitrogens with one attached hydrogen (secondary N) is 1. The van der Waals surface area contributed by atoms with Crippen molar-refractivity contribution in [3.63, 3.8) is 0 Å². The molecule has 4 rings (SSSR count). The van der Waals surface area contributed by atoms with Gasteiger partial charge in [-0.3, -0.25) is 0 Å². The normalized spacial score (nSPS) is 29.1. The second-order valence-corrected chi connectivity index (χ2v) is 11.3. The van der Waals surface area contributed by atoms with Crippen molar-refractivity contribution in [2.75, 3.05) is 33.3 Å². The lowest BCUT2D eigenvalue weighted by Crippen LogP contribution is -2.48. The highest BCUT2D eigenvalue weighted by Crippen LogP contribution is 2.33. The Bertz CT molecular complexity index is 857. The fraction of sp³-hybridized carbons (Fsp3) is 0.600. The fourth-order valence-corrected chi connectivity index (χ4v) is 5.97. The standard InChI is InChI=1S/C30H43ClN2O/c1-22(2)30(21-33-16-14-25(15-17-33)24-10-12-28(31)13-11-24)32-20-23-6-4-7-26(18-23)27-8-5-9-29(19-27)34-3/h4-5,7-10,12-13,18,22-25,27,30,32H,6,11,14-17,19-21H2,1-3H3/t23?,24?,27?,30-/m0/s1. The summed E-state index contributed by atoms with van der Waals surface area (Å²) < 4.78 is 5.49. The quantitative estimate of drug-likeness (QED) is 0.399. The number of piperidine rings is 1. The predicted molar refractivity (Wildman–Crippen MR) is 145 cm³/mol. The minimum absolute atomic E-state index is 0.437. The third-order valence-electron chi connectivity index (χ3n) is 8.14. The van der Waals surface area contributed by atoms with Crippen LogP contribution in [0.5, 0.6) is 0 Å². The predicted octanol–water partition coefficient (Wildman–Crippen LogP) is 6.62. The van der Waals surface area contributed by atoms with E-state index < -0.39 is 0 Å². The van der Waals surface area contributed by atoms with E-state index in [2.05, 4.69) is 78.7 Å². The topological polar surface area (TPSA) is 24.5 Å². The first-order valence-corrected chi connectivity index (χ1v) is 13.7. The van der Waals surface area contributed by atoms with Gasteiger partial charge >= 0.3 is 0 Å². The second-order valence-electron chi connectivity index (χ2n) is 10.8. The largest absolute Gasteiger partial charge is 0.501 e. The summed E-state index contributed by atoms with van der Waals surface area (Å²) in [6.07, 6.45) is 26.1. The highest BCUT2D eigenvalue weighted by Gasteiger charge is 2.28. The summed E-state index contributed by atoms with van der Waals surface area (Å²) in [5, 5.41) is 4.86. The van der Waals surface area contributed by atoms with E-state index >= 15 is 0 Å². The Balaban J connectivity index is 1.24. The van der Waals surface area contributed by atoms with Crippen LogP contribution in [0.3, 0.4) is 0 Å². The minimum Gasteiger partial charge on any atom is -0.501 e. The first-order chi connectivity index (χ1) is 16.5. The number of allylic oxidation sites excluding steroid dienone is 11. The van der Waals surface area contributed by atoms with Gasteiger partial charge in [0.15, 0.2) is 0 Å². The van der Waals surface area contributed by atoms with E-state index in [1.165, 1.54) is 31.5 Å². The molecular formula is C30H43ClN2O. The van der Waals surface area contributed by atoms with Gasteiger partial charge < -0.3 is 15.0 Å². The van der Waals surface area contributed by atoms with Crippen LogP contribution < -0.4 is 5.32 Å². The number of methoxy groups -OCH3 is 1. The number of halogens is 1. The summed E-state index contributed by atoms with van der Waals surface area (Å²) in [6, 6.07) is 0.535. The van der Waals surface area contributed by atoms with Crippen LogP contribution in [-0.2, 0) is 4.74 Å². The Morgan fingerprint density at radius 3 is 2.68 bits per heavy atom. The lowest BCUT2D eigenvalue weighted by atomic mass is 9.80. The minimum atomic E-state index is 0.437. The molecule has 0 amide bonds. The Morgan fingerprint density at radius 1 is 1.15 bits per heavy atom. The summed E-state index contributed by atoms with van der Waals surface area (Å²) in [5.74, 6) is 4.19. The molecule has 0 radical (unpaired) electrons. The van der Waals surface area contributed by atoms with Crippen molar-refractivity contribution in [2.24, 2.45) is 29.6 Å². The number of hydrogen-bond acceptors (Lipinski definition) is 3. The van der Waals surface area contributed by atoms with Gasteiger partial charge in [-0.15, -0.1) is 0 Å². The Labute approximate surface area is 212 Å². The van der Waals surface area contributed by atoms with E-state index in [9.17, 15) is 0 Å². The molecule has 186 valence electrons. The lowest BCUT2D eigenvalue weighted by molar-refractivity contribution is 0.138. The van der Waals surface area contributed by atoms with Gasteiger partial charge in [0, 0.05) is 36.5 Å². The molecule has 0 saturated carbocycles. The van der Waals surface area contributed by atoms with E-state index in [1.807, 2.05) is 0 Å². The molecule has 3 aliphatic carbocycles. The lowest BCUT2D eigenvalue weighted by Gasteiger charge is -2.38. The van der Waals surface area contributed by atoms with Crippen LogP contribution in [0.4, 0.5) is 0 Å². The molecule has 0 aromatic heterocycles. The van der Waals surface area contributed by atoms with Crippen molar-refractivity contribution >= 4 is 11.6 Å². The molecule has 3 nitrogen and oxygen atoms in total. The van der Waals surface area contributed by atoms with Gasteiger partial charge in [-0.1, -0.05) is 68.0 Å². The van der Waals surface area contributed by atoms with Crippen LogP contribution in [-0.4, -0.2) is 44.2 Å². The summed E-state index contributed by atoms with van der Waals surface area (Å²) >= 11 is 6.12. The third-order valence-corrected chi connectivity index (χ3v) is 8.42. The maximum absolute atomic E-state index is 6.12. The molecule has 0 bridgehead atoms. The van der Waals surface area contributed by atoms with E-state index in [0.29, 0.717) is 29.7 Å². The summed E-state index contributed by atoms with van der Waals surface area (Å²) in [5.41, 5.74) is 1.44. The number of hydrogen-bond donors (Lipinski definition) is 1. The Morgan fingerprint density at radius 2 is 1.97 bits per heavy atom. The van der Waals surface area contributed by atoms with Crippen LogP contribution in [0.25, 0.3) is 0 Å². The third kappa shape index (κ3) is 6.99. The Hall–Kier alpha value is -1.55. The van der Waals surface area contributed by atoms with Crippen molar-refractivity contribution < 1.29 is 4.74 Å². The number of nitrogens with zero attached hydrogens (tertiary/aromatic N) is 1. The molecule has 1 aliphatic heterocycles. The summed E-state index contributed by atoms with van der Waals surface area (Å²) in [4.78, 5) is 2.69. The van der Waals surface area contributed by atoms with Gasteiger partial charge in [-0.05, 0) is 80.2 Å². The van der Waals surface area contributed by atoms with E-state index in [0.717, 1.165) is 49.1 Å². The van der Waals surface area contributed by atoms with Crippen molar-refractivity contribution in [1.29, 1.82) is 0 Å². The first kappa shape index (κ1) is 25.5. The SMILES string of the molecule is COC1=CC=CC(C2=CC(CN[C@@H](CN3CCC(C4C=CC(Cl)=CC4)CC3)C(C)C)CC=C2)C1. The average molecular weight is 483 g/mol. The second kappa shape index (κ2) is 12.4. The smallest absolute Gasteiger partial charge is 0.0964 e. The molecule has 34 heavy (non-hydrogen) atoms. The molecule has 0 aromatic carbocycles. The maximum Gasteiger partial charge on any atom is 0.0964 e. The van der Waals surface area contributed by atoms with Crippen LogP contribution in [0.15, 0.2) is 71.0 Å². The number of rotatable bonds is 9. The monoisotopic (exact) mass is 482 g/mol. The van der Waals surface area contributed by atoms with Crippen LogP contribution in [0.2, 0.25) is 0 Å². The number of likely N-dealkylation sites (tertiary alicyclic amines) is 1. The zero-order valence-corrected chi connectivity index (χ0v) is 22.0. The molecule has 1 N–H and O–H groups in total.